The molecular formula is C9H9NO3. The van der Waals surface area contributed by atoms with Crippen molar-refractivity contribution < 1.29 is 14.3 Å². The average Bonchev–Trinajstić information content (AvgIpc) is 2.17. The molecule has 0 aliphatic heterocycles. The molecule has 1 rings (SSSR count). The molecular weight excluding hydrogens is 170 g/mol. The second-order valence-corrected chi connectivity index (χ2v) is 2.54. The quantitative estimate of drug-likeness (QED) is 0.382. The minimum Gasteiger partial charge on any atom is -0.463 e. The van der Waals surface area contributed by atoms with Gasteiger partial charge in [-0.2, -0.15) is 0 Å². The van der Waals surface area contributed by atoms with Crippen molar-refractivity contribution in [2.75, 3.05) is 7.11 Å². The molecule has 0 saturated heterocycles. The largest absolute Gasteiger partial charge is 0.463 e. The summed E-state index contributed by atoms with van der Waals surface area (Å²) in [6, 6.07) is 3.21. The number of hydrogen-bond acceptors (Lipinski definition) is 4. The third kappa shape index (κ3) is 2.11. The van der Waals surface area contributed by atoms with Crippen LogP contribution in [0.3, 0.4) is 0 Å². The molecule has 0 fully saturated rings. The van der Waals surface area contributed by atoms with Gasteiger partial charge in [0.25, 0.3) is 5.78 Å². The minimum absolute atomic E-state index is 0.109. The van der Waals surface area contributed by atoms with Gasteiger partial charge in [-0.05, 0) is 18.6 Å². The highest BCUT2D eigenvalue weighted by molar-refractivity contribution is 6.40. The molecule has 0 spiro atoms. The van der Waals surface area contributed by atoms with Crippen LogP contribution in [-0.4, -0.2) is 23.8 Å². The zero-order valence-electron chi connectivity index (χ0n) is 7.40. The lowest BCUT2D eigenvalue weighted by Crippen LogP contribution is -2.16. The van der Waals surface area contributed by atoms with E-state index in [9.17, 15) is 9.59 Å². The monoisotopic (exact) mass is 179 g/mol. The van der Waals surface area contributed by atoms with Gasteiger partial charge in [0.2, 0.25) is 0 Å². The number of aromatic nitrogens is 1. The molecule has 4 heteroatoms. The van der Waals surface area contributed by atoms with Gasteiger partial charge in [0, 0.05) is 6.20 Å². The Morgan fingerprint density at radius 3 is 2.54 bits per heavy atom. The summed E-state index contributed by atoms with van der Waals surface area (Å²) in [4.78, 5) is 25.7. The van der Waals surface area contributed by atoms with Gasteiger partial charge in [-0.3, -0.25) is 9.78 Å². The summed E-state index contributed by atoms with van der Waals surface area (Å²) in [5.41, 5.74) is 1.04. The van der Waals surface area contributed by atoms with Crippen LogP contribution < -0.4 is 0 Å². The highest BCUT2D eigenvalue weighted by Gasteiger charge is 2.17. The summed E-state index contributed by atoms with van der Waals surface area (Å²) in [7, 11) is 1.16. The van der Waals surface area contributed by atoms with E-state index in [1.54, 1.807) is 6.07 Å². The number of rotatable bonds is 2. The third-order valence-corrected chi connectivity index (χ3v) is 1.51. The number of ether oxygens (including phenoxy) is 1. The van der Waals surface area contributed by atoms with E-state index in [4.69, 9.17) is 0 Å². The fraction of sp³-hybridized carbons (Fsp3) is 0.222. The highest BCUT2D eigenvalue weighted by Crippen LogP contribution is 2.00. The number of carbonyl (C=O) groups is 2. The normalized spacial score (nSPS) is 9.38. The summed E-state index contributed by atoms with van der Waals surface area (Å²) >= 11 is 0. The van der Waals surface area contributed by atoms with Crippen LogP contribution >= 0.6 is 0 Å². The van der Waals surface area contributed by atoms with E-state index in [0.717, 1.165) is 12.7 Å². The third-order valence-electron chi connectivity index (χ3n) is 1.51. The average molecular weight is 179 g/mol. The molecule has 0 amide bonds. The summed E-state index contributed by atoms with van der Waals surface area (Å²) in [5, 5.41) is 0. The van der Waals surface area contributed by atoms with Crippen LogP contribution in [0.4, 0.5) is 0 Å². The second kappa shape index (κ2) is 3.80. The van der Waals surface area contributed by atoms with Crippen LogP contribution in [0, 0.1) is 6.92 Å². The van der Waals surface area contributed by atoms with Gasteiger partial charge in [0.1, 0.15) is 5.69 Å². The Balaban J connectivity index is 2.90. The summed E-state index contributed by atoms with van der Waals surface area (Å²) in [5.74, 6) is -1.61. The van der Waals surface area contributed by atoms with Crippen molar-refractivity contribution in [3.05, 3.63) is 29.6 Å². The number of ketones is 1. The van der Waals surface area contributed by atoms with E-state index in [-0.39, 0.29) is 5.69 Å². The topological polar surface area (TPSA) is 56.3 Å². The fourth-order valence-corrected chi connectivity index (χ4v) is 0.799. The predicted octanol–water partition coefficient (Wildman–Crippen LogP) is 0.746. The number of pyridine rings is 1. The highest BCUT2D eigenvalue weighted by atomic mass is 16.5. The van der Waals surface area contributed by atoms with Gasteiger partial charge in [-0.1, -0.05) is 6.07 Å². The molecule has 1 aromatic rings. The number of hydrogen-bond donors (Lipinski definition) is 0. The first-order valence-corrected chi connectivity index (χ1v) is 3.70. The van der Waals surface area contributed by atoms with E-state index in [2.05, 4.69) is 9.72 Å². The van der Waals surface area contributed by atoms with Gasteiger partial charge in [-0.25, -0.2) is 4.79 Å². The Morgan fingerprint density at radius 2 is 2.08 bits per heavy atom. The van der Waals surface area contributed by atoms with Gasteiger partial charge >= 0.3 is 5.97 Å². The second-order valence-electron chi connectivity index (χ2n) is 2.54. The molecule has 0 N–H and O–H groups in total. The van der Waals surface area contributed by atoms with Crippen LogP contribution in [0.25, 0.3) is 0 Å². The van der Waals surface area contributed by atoms with Gasteiger partial charge in [0.05, 0.1) is 7.11 Å². The number of methoxy groups -OCH3 is 1. The maximum absolute atomic E-state index is 11.1. The summed E-state index contributed by atoms with van der Waals surface area (Å²) in [6.07, 6.45) is 1.52. The molecule has 1 heterocycles. The van der Waals surface area contributed by atoms with Crippen molar-refractivity contribution >= 4 is 11.8 Å². The standard InChI is InChI=1S/C9H9NO3/c1-6-3-4-7(10-5-6)8(11)9(12)13-2/h3-5H,1-2H3. The molecule has 0 aliphatic carbocycles. The Kier molecular flexibility index (Phi) is 2.74. The lowest BCUT2D eigenvalue weighted by Gasteiger charge is -1.97. The number of carbonyl (C=O) groups excluding carboxylic acids is 2. The minimum atomic E-state index is -0.892. The van der Waals surface area contributed by atoms with Gasteiger partial charge in [-0.15, -0.1) is 0 Å². The Hall–Kier alpha value is -1.71. The molecule has 0 bridgehead atoms. The molecule has 0 aliphatic rings. The molecule has 1 aromatic heterocycles. The fourth-order valence-electron chi connectivity index (χ4n) is 0.799. The molecule has 0 radical (unpaired) electrons. The van der Waals surface area contributed by atoms with Crippen LogP contribution in [0.1, 0.15) is 16.1 Å². The van der Waals surface area contributed by atoms with Crippen molar-refractivity contribution in [3.8, 4) is 0 Å². The van der Waals surface area contributed by atoms with Gasteiger partial charge in [0.15, 0.2) is 0 Å². The lowest BCUT2D eigenvalue weighted by molar-refractivity contribution is -0.135. The zero-order valence-corrected chi connectivity index (χ0v) is 7.40. The van der Waals surface area contributed by atoms with Crippen LogP contribution in [0.2, 0.25) is 0 Å². The Labute approximate surface area is 75.5 Å². The smallest absolute Gasteiger partial charge is 0.381 e. The Bertz CT molecular complexity index is 329. The van der Waals surface area contributed by atoms with Crippen LogP contribution in [-0.2, 0) is 9.53 Å². The Morgan fingerprint density at radius 1 is 1.38 bits per heavy atom. The van der Waals surface area contributed by atoms with E-state index >= 15 is 0 Å². The molecule has 0 atom stereocenters. The van der Waals surface area contributed by atoms with Crippen LogP contribution in [0.15, 0.2) is 18.3 Å². The molecule has 4 nitrogen and oxygen atoms in total. The number of aryl methyl sites for hydroxylation is 1. The number of Topliss-reactive ketones (excluding diaryl/α,β-unsaturated/α-hetero) is 1. The zero-order chi connectivity index (χ0) is 9.84. The van der Waals surface area contributed by atoms with Crippen molar-refractivity contribution in [3.63, 3.8) is 0 Å². The van der Waals surface area contributed by atoms with E-state index in [0.29, 0.717) is 0 Å². The van der Waals surface area contributed by atoms with Crippen molar-refractivity contribution in [1.82, 2.24) is 4.98 Å². The van der Waals surface area contributed by atoms with Crippen molar-refractivity contribution in [2.45, 2.75) is 6.92 Å². The SMILES string of the molecule is COC(=O)C(=O)c1ccc(C)cn1. The molecule has 13 heavy (non-hydrogen) atoms. The lowest BCUT2D eigenvalue weighted by atomic mass is 10.2. The molecule has 0 saturated carbocycles. The first-order chi connectivity index (χ1) is 6.15. The first kappa shape index (κ1) is 9.38. The van der Waals surface area contributed by atoms with Gasteiger partial charge < -0.3 is 4.74 Å². The summed E-state index contributed by atoms with van der Waals surface area (Å²) < 4.78 is 4.27. The molecule has 0 unspecified atom stereocenters. The maximum Gasteiger partial charge on any atom is 0.381 e. The van der Waals surface area contributed by atoms with Crippen molar-refractivity contribution in [1.29, 1.82) is 0 Å². The van der Waals surface area contributed by atoms with Crippen LogP contribution in [0.5, 0.6) is 0 Å². The van der Waals surface area contributed by atoms with E-state index < -0.39 is 11.8 Å². The van der Waals surface area contributed by atoms with Crippen molar-refractivity contribution in [2.24, 2.45) is 0 Å². The predicted molar refractivity (Wildman–Crippen MR) is 45.3 cm³/mol. The maximum atomic E-state index is 11.1. The number of esters is 1. The molecule has 68 valence electrons. The first-order valence-electron chi connectivity index (χ1n) is 3.70. The number of nitrogens with zero attached hydrogens (tertiary/aromatic N) is 1. The summed E-state index contributed by atoms with van der Waals surface area (Å²) in [6.45, 7) is 1.85. The van der Waals surface area contributed by atoms with E-state index in [1.807, 2.05) is 6.92 Å². The van der Waals surface area contributed by atoms with E-state index in [1.165, 1.54) is 12.3 Å². The molecule has 0 aromatic carbocycles.